The van der Waals surface area contributed by atoms with Crippen LogP contribution in [0.4, 0.5) is 5.82 Å². The van der Waals surface area contributed by atoms with Gasteiger partial charge in [-0.15, -0.1) is 11.3 Å². The van der Waals surface area contributed by atoms with Crippen LogP contribution in [0.5, 0.6) is 11.5 Å². The van der Waals surface area contributed by atoms with Crippen LogP contribution in [-0.2, 0) is 4.74 Å². The van der Waals surface area contributed by atoms with E-state index >= 15 is 0 Å². The summed E-state index contributed by atoms with van der Waals surface area (Å²) in [6.45, 7) is 3.10. The lowest BCUT2D eigenvalue weighted by Gasteiger charge is -2.18. The van der Waals surface area contributed by atoms with E-state index in [1.165, 1.54) is 0 Å². The third-order valence-corrected chi connectivity index (χ3v) is 4.67. The van der Waals surface area contributed by atoms with Crippen molar-refractivity contribution in [3.05, 3.63) is 41.5 Å². The quantitative estimate of drug-likeness (QED) is 0.616. The van der Waals surface area contributed by atoms with Gasteiger partial charge in [0.05, 0.1) is 25.1 Å². The Hall–Kier alpha value is -2.38. The van der Waals surface area contributed by atoms with Crippen LogP contribution in [0, 0.1) is 0 Å². The fraction of sp³-hybridized carbons (Fsp3) is 0.333. The van der Waals surface area contributed by atoms with E-state index in [0.717, 1.165) is 21.6 Å². The zero-order chi connectivity index (χ0) is 17.6. The Labute approximate surface area is 150 Å². The second kappa shape index (κ2) is 8.13. The fourth-order valence-corrected chi connectivity index (χ4v) is 3.23. The number of aromatic nitrogens is 2. The number of rotatable bonds is 8. The molecule has 0 aliphatic carbocycles. The first kappa shape index (κ1) is 17.4. The highest BCUT2D eigenvalue weighted by molar-refractivity contribution is 7.16. The lowest BCUT2D eigenvalue weighted by Crippen LogP contribution is -2.09. The van der Waals surface area contributed by atoms with Crippen LogP contribution < -0.4 is 14.8 Å². The summed E-state index contributed by atoms with van der Waals surface area (Å²) in [7, 11) is 3.29. The Morgan fingerprint density at radius 1 is 1.12 bits per heavy atom. The molecule has 3 rings (SSSR count). The molecule has 132 valence electrons. The minimum absolute atomic E-state index is 0.0555. The molecule has 0 aliphatic heterocycles. The summed E-state index contributed by atoms with van der Waals surface area (Å²) in [4.78, 5) is 9.62. The molecule has 2 aromatic heterocycles. The molecule has 0 amide bonds. The molecule has 2 heterocycles. The first-order valence-electron chi connectivity index (χ1n) is 7.97. The second-order valence-electron chi connectivity index (χ2n) is 5.48. The molecule has 0 radical (unpaired) electrons. The summed E-state index contributed by atoms with van der Waals surface area (Å²) in [5, 5.41) is 6.50. The zero-order valence-electron chi connectivity index (χ0n) is 14.5. The number of nitrogens with zero attached hydrogens (tertiary/aromatic N) is 2. The van der Waals surface area contributed by atoms with Gasteiger partial charge in [0, 0.05) is 7.11 Å². The van der Waals surface area contributed by atoms with Gasteiger partial charge in [0.25, 0.3) is 0 Å². The standard InChI is InChI=1S/C18H21N3O3S/c1-12(21-17-14-6-9-25-18(14)20-11-19-17)13-4-5-15(16(10-13)23-3)24-8-7-22-2/h4-6,9-12H,7-8H2,1-3H3,(H,19,20,21). The van der Waals surface area contributed by atoms with Crippen molar-refractivity contribution in [1.29, 1.82) is 0 Å². The van der Waals surface area contributed by atoms with Crippen LogP contribution in [0.2, 0.25) is 0 Å². The maximum Gasteiger partial charge on any atom is 0.161 e. The summed E-state index contributed by atoms with van der Waals surface area (Å²) in [5.74, 6) is 2.24. The van der Waals surface area contributed by atoms with Gasteiger partial charge >= 0.3 is 0 Å². The summed E-state index contributed by atoms with van der Waals surface area (Å²) in [6, 6.07) is 8.00. The van der Waals surface area contributed by atoms with Crippen LogP contribution in [0.25, 0.3) is 10.2 Å². The topological polar surface area (TPSA) is 65.5 Å². The summed E-state index contributed by atoms with van der Waals surface area (Å²) in [5.41, 5.74) is 1.08. The van der Waals surface area contributed by atoms with Crippen molar-refractivity contribution in [1.82, 2.24) is 9.97 Å². The minimum atomic E-state index is 0.0555. The van der Waals surface area contributed by atoms with Gasteiger partial charge in [0.2, 0.25) is 0 Å². The summed E-state index contributed by atoms with van der Waals surface area (Å²) in [6.07, 6.45) is 1.58. The van der Waals surface area contributed by atoms with E-state index in [4.69, 9.17) is 14.2 Å². The molecule has 0 saturated carbocycles. The van der Waals surface area contributed by atoms with Crippen molar-refractivity contribution < 1.29 is 14.2 Å². The third-order valence-electron chi connectivity index (χ3n) is 3.85. The highest BCUT2D eigenvalue weighted by atomic mass is 32.1. The van der Waals surface area contributed by atoms with Crippen molar-refractivity contribution in [2.75, 3.05) is 32.8 Å². The SMILES string of the molecule is COCCOc1ccc(C(C)Nc2ncnc3sccc23)cc1OC. The summed E-state index contributed by atoms with van der Waals surface area (Å²) < 4.78 is 16.1. The van der Waals surface area contributed by atoms with Crippen LogP contribution in [0.1, 0.15) is 18.5 Å². The van der Waals surface area contributed by atoms with Gasteiger partial charge in [-0.25, -0.2) is 9.97 Å². The highest BCUT2D eigenvalue weighted by Crippen LogP contribution is 2.32. The monoisotopic (exact) mass is 359 g/mol. The van der Waals surface area contributed by atoms with E-state index in [1.807, 2.05) is 29.6 Å². The van der Waals surface area contributed by atoms with Gasteiger partial charge in [-0.05, 0) is 36.1 Å². The Morgan fingerprint density at radius 3 is 2.80 bits per heavy atom. The Kier molecular flexibility index (Phi) is 5.67. The molecule has 7 heteroatoms. The smallest absolute Gasteiger partial charge is 0.161 e. The first-order valence-corrected chi connectivity index (χ1v) is 8.85. The van der Waals surface area contributed by atoms with Gasteiger partial charge < -0.3 is 19.5 Å². The molecule has 1 N–H and O–H groups in total. The summed E-state index contributed by atoms with van der Waals surface area (Å²) >= 11 is 1.60. The number of anilines is 1. The van der Waals surface area contributed by atoms with E-state index in [-0.39, 0.29) is 6.04 Å². The highest BCUT2D eigenvalue weighted by Gasteiger charge is 2.13. The van der Waals surface area contributed by atoms with E-state index < -0.39 is 0 Å². The molecule has 0 aliphatic rings. The Balaban J connectivity index is 1.77. The average Bonchev–Trinajstić information content (AvgIpc) is 3.12. The number of nitrogens with one attached hydrogen (secondary N) is 1. The maximum absolute atomic E-state index is 5.68. The van der Waals surface area contributed by atoms with Crippen LogP contribution in [0.3, 0.4) is 0 Å². The first-order chi connectivity index (χ1) is 12.2. The van der Waals surface area contributed by atoms with Gasteiger partial charge in [-0.1, -0.05) is 6.07 Å². The normalized spacial score (nSPS) is 12.1. The molecule has 0 saturated heterocycles. The fourth-order valence-electron chi connectivity index (χ4n) is 2.50. The molecule has 0 spiro atoms. The van der Waals surface area contributed by atoms with Crippen molar-refractivity contribution in [2.24, 2.45) is 0 Å². The number of fused-ring (bicyclic) bond motifs is 1. The molecule has 0 bridgehead atoms. The van der Waals surface area contributed by atoms with Gasteiger partial charge in [0.15, 0.2) is 11.5 Å². The van der Waals surface area contributed by atoms with Gasteiger partial charge in [0.1, 0.15) is 23.6 Å². The van der Waals surface area contributed by atoms with E-state index in [0.29, 0.717) is 24.7 Å². The van der Waals surface area contributed by atoms with Crippen molar-refractivity contribution in [3.63, 3.8) is 0 Å². The molecular formula is C18H21N3O3S. The molecule has 1 aromatic carbocycles. The van der Waals surface area contributed by atoms with Crippen molar-refractivity contribution >= 4 is 27.4 Å². The van der Waals surface area contributed by atoms with E-state index in [9.17, 15) is 0 Å². The molecule has 25 heavy (non-hydrogen) atoms. The zero-order valence-corrected chi connectivity index (χ0v) is 15.3. The maximum atomic E-state index is 5.68. The number of thiophene rings is 1. The Bertz CT molecular complexity index is 837. The predicted molar refractivity (Wildman–Crippen MR) is 99.8 cm³/mol. The van der Waals surface area contributed by atoms with Crippen LogP contribution >= 0.6 is 11.3 Å². The number of methoxy groups -OCH3 is 2. The van der Waals surface area contributed by atoms with Crippen LogP contribution in [-0.4, -0.2) is 37.4 Å². The van der Waals surface area contributed by atoms with E-state index in [2.05, 4.69) is 22.2 Å². The third kappa shape index (κ3) is 4.00. The molecule has 0 fully saturated rings. The number of benzene rings is 1. The van der Waals surface area contributed by atoms with Crippen LogP contribution in [0.15, 0.2) is 36.0 Å². The lowest BCUT2D eigenvalue weighted by molar-refractivity contribution is 0.144. The number of ether oxygens (including phenoxy) is 3. The Morgan fingerprint density at radius 2 is 2.00 bits per heavy atom. The van der Waals surface area contributed by atoms with E-state index in [1.54, 1.807) is 31.9 Å². The minimum Gasteiger partial charge on any atom is -0.493 e. The van der Waals surface area contributed by atoms with Crippen molar-refractivity contribution in [3.8, 4) is 11.5 Å². The second-order valence-corrected chi connectivity index (χ2v) is 6.37. The largest absolute Gasteiger partial charge is 0.493 e. The molecule has 1 atom stereocenters. The predicted octanol–water partition coefficient (Wildman–Crippen LogP) is 3.90. The van der Waals surface area contributed by atoms with Crippen molar-refractivity contribution in [2.45, 2.75) is 13.0 Å². The van der Waals surface area contributed by atoms with Gasteiger partial charge in [-0.2, -0.15) is 0 Å². The average molecular weight is 359 g/mol. The molecular weight excluding hydrogens is 338 g/mol. The molecule has 6 nitrogen and oxygen atoms in total. The molecule has 1 unspecified atom stereocenters. The number of hydrogen-bond acceptors (Lipinski definition) is 7. The number of hydrogen-bond donors (Lipinski definition) is 1. The van der Waals surface area contributed by atoms with Gasteiger partial charge in [-0.3, -0.25) is 0 Å². The lowest BCUT2D eigenvalue weighted by atomic mass is 10.1. The molecule has 3 aromatic rings.